The van der Waals surface area contributed by atoms with E-state index in [1.54, 1.807) is 0 Å². The summed E-state index contributed by atoms with van der Waals surface area (Å²) in [7, 11) is 4.20. The highest BCUT2D eigenvalue weighted by molar-refractivity contribution is 6.18. The molecular formula is C24H32Cl2N2. The molecule has 0 aliphatic carbocycles. The van der Waals surface area contributed by atoms with Gasteiger partial charge in [-0.3, -0.25) is 0 Å². The van der Waals surface area contributed by atoms with Crippen LogP contribution in [0.25, 0.3) is 6.08 Å². The van der Waals surface area contributed by atoms with Gasteiger partial charge in [0.1, 0.15) is 0 Å². The van der Waals surface area contributed by atoms with Crippen molar-refractivity contribution in [3.8, 4) is 0 Å². The second-order valence-electron chi connectivity index (χ2n) is 7.86. The lowest BCUT2D eigenvalue weighted by Gasteiger charge is -2.29. The average molecular weight is 419 g/mol. The smallest absolute Gasteiger partial charge is 0.0399 e. The second-order valence-corrected chi connectivity index (χ2v) is 8.61. The Morgan fingerprint density at radius 1 is 0.893 bits per heavy atom. The van der Waals surface area contributed by atoms with Gasteiger partial charge in [0.15, 0.2) is 0 Å². The predicted molar refractivity (Wildman–Crippen MR) is 128 cm³/mol. The molecular weight excluding hydrogens is 387 g/mol. The molecule has 2 rings (SSSR count). The quantitative estimate of drug-likeness (QED) is 0.410. The minimum Gasteiger partial charge on any atom is -0.377 e. The fraction of sp³-hybridized carbons (Fsp3) is 0.417. The molecule has 152 valence electrons. The number of allylic oxidation sites excluding steroid dienone is 1. The largest absolute Gasteiger partial charge is 0.377 e. The summed E-state index contributed by atoms with van der Waals surface area (Å²) in [5.74, 6) is 1.20. The first-order valence-electron chi connectivity index (χ1n) is 9.79. The lowest BCUT2D eigenvalue weighted by Crippen LogP contribution is -2.27. The van der Waals surface area contributed by atoms with Crippen molar-refractivity contribution in [2.75, 3.05) is 48.7 Å². The zero-order valence-corrected chi connectivity index (χ0v) is 19.0. The Morgan fingerprint density at radius 2 is 1.50 bits per heavy atom. The summed E-state index contributed by atoms with van der Waals surface area (Å²) < 4.78 is 0. The summed E-state index contributed by atoms with van der Waals surface area (Å²) in [6.45, 7) is 6.23. The second kappa shape index (κ2) is 10.8. The van der Waals surface area contributed by atoms with E-state index in [9.17, 15) is 0 Å². The molecule has 0 saturated heterocycles. The van der Waals surface area contributed by atoms with Gasteiger partial charge in [-0.2, -0.15) is 0 Å². The van der Waals surface area contributed by atoms with Crippen LogP contribution in [-0.4, -0.2) is 38.9 Å². The Hall–Kier alpha value is -1.64. The Kier molecular flexibility index (Phi) is 8.72. The first kappa shape index (κ1) is 22.6. The molecule has 0 aliphatic rings. The minimum absolute atomic E-state index is 0.0643. The molecule has 2 aromatic rings. The van der Waals surface area contributed by atoms with E-state index in [1.165, 1.54) is 22.5 Å². The van der Waals surface area contributed by atoms with Crippen molar-refractivity contribution < 1.29 is 0 Å². The van der Waals surface area contributed by atoms with Gasteiger partial charge in [-0.15, -0.1) is 23.2 Å². The van der Waals surface area contributed by atoms with E-state index in [4.69, 9.17) is 23.2 Å². The highest BCUT2D eigenvalue weighted by Gasteiger charge is 2.22. The zero-order valence-electron chi connectivity index (χ0n) is 17.5. The number of hydrogen-bond acceptors (Lipinski definition) is 2. The maximum absolute atomic E-state index is 5.91. The maximum atomic E-state index is 5.91. The van der Waals surface area contributed by atoms with Gasteiger partial charge in [-0.05, 0) is 41.2 Å². The fourth-order valence-corrected chi connectivity index (χ4v) is 3.81. The molecule has 0 radical (unpaired) electrons. The van der Waals surface area contributed by atoms with E-state index in [2.05, 4.69) is 98.4 Å². The lowest BCUT2D eigenvalue weighted by molar-refractivity contribution is 0.535. The molecule has 0 fully saturated rings. The summed E-state index contributed by atoms with van der Waals surface area (Å²) in [6, 6.07) is 17.2. The van der Waals surface area contributed by atoms with Crippen LogP contribution in [0.3, 0.4) is 0 Å². The van der Waals surface area contributed by atoms with Gasteiger partial charge in [-0.1, -0.05) is 56.3 Å². The molecule has 2 aromatic carbocycles. The van der Waals surface area contributed by atoms with E-state index < -0.39 is 0 Å². The van der Waals surface area contributed by atoms with Crippen molar-refractivity contribution in [2.45, 2.75) is 25.7 Å². The number of benzene rings is 2. The summed E-state index contributed by atoms with van der Waals surface area (Å²) >= 11 is 11.8. The molecule has 0 amide bonds. The third-order valence-corrected chi connectivity index (χ3v) is 5.36. The molecule has 0 aliphatic heterocycles. The summed E-state index contributed by atoms with van der Waals surface area (Å²) in [4.78, 5) is 4.40. The lowest BCUT2D eigenvalue weighted by atomic mass is 9.80. The van der Waals surface area contributed by atoms with Crippen molar-refractivity contribution in [3.05, 3.63) is 65.7 Å². The number of anilines is 2. The van der Waals surface area contributed by atoms with Crippen LogP contribution in [-0.2, 0) is 5.41 Å². The van der Waals surface area contributed by atoms with E-state index in [0.717, 1.165) is 19.5 Å². The molecule has 2 nitrogen and oxygen atoms in total. The van der Waals surface area contributed by atoms with E-state index in [1.807, 2.05) is 0 Å². The summed E-state index contributed by atoms with van der Waals surface area (Å²) in [5, 5.41) is 0. The van der Waals surface area contributed by atoms with Gasteiger partial charge in [-0.25, -0.2) is 0 Å². The topological polar surface area (TPSA) is 6.48 Å². The van der Waals surface area contributed by atoms with E-state index >= 15 is 0 Å². The molecule has 4 heteroatoms. The first-order valence-corrected chi connectivity index (χ1v) is 10.9. The third kappa shape index (κ3) is 6.18. The van der Waals surface area contributed by atoms with Crippen molar-refractivity contribution in [1.82, 2.24) is 0 Å². The highest BCUT2D eigenvalue weighted by atomic mass is 35.5. The maximum Gasteiger partial charge on any atom is 0.0399 e. The Bertz CT molecular complexity index is 745. The zero-order chi connectivity index (χ0) is 20.6. The number of rotatable bonds is 10. The minimum atomic E-state index is 0.0643. The summed E-state index contributed by atoms with van der Waals surface area (Å²) in [6.07, 6.45) is 5.46. The van der Waals surface area contributed by atoms with E-state index in [0.29, 0.717) is 11.8 Å². The van der Waals surface area contributed by atoms with Crippen molar-refractivity contribution in [3.63, 3.8) is 0 Å². The summed E-state index contributed by atoms with van der Waals surface area (Å²) in [5.41, 5.74) is 5.09. The third-order valence-electron chi connectivity index (χ3n) is 5.02. The predicted octanol–water partition coefficient (Wildman–Crippen LogP) is 6.42. The molecule has 0 aromatic heterocycles. The first-order chi connectivity index (χ1) is 13.4. The number of alkyl halides is 2. The molecule has 0 atom stereocenters. The molecule has 0 bridgehead atoms. The van der Waals surface area contributed by atoms with Crippen LogP contribution in [0.1, 0.15) is 31.4 Å². The highest BCUT2D eigenvalue weighted by Crippen LogP contribution is 2.34. The monoisotopic (exact) mass is 418 g/mol. The standard InChI is InChI=1S/C24H32Cl2N2/c1-24(2,22-9-5-6-10-23(22)27(3)4)15-7-8-20-11-13-21(14-12-20)28(18-16-25)19-17-26/h5-14H,15-19H2,1-4H3/b8-7+. The van der Waals surface area contributed by atoms with Gasteiger partial charge in [0.05, 0.1) is 0 Å². The van der Waals surface area contributed by atoms with Crippen LogP contribution in [0.15, 0.2) is 54.6 Å². The van der Waals surface area contributed by atoms with Crippen LogP contribution in [0.2, 0.25) is 0 Å². The normalized spacial score (nSPS) is 11.8. The van der Waals surface area contributed by atoms with Crippen molar-refractivity contribution >= 4 is 40.7 Å². The molecule has 0 N–H and O–H groups in total. The van der Waals surface area contributed by atoms with Crippen LogP contribution < -0.4 is 9.80 Å². The van der Waals surface area contributed by atoms with Gasteiger partial charge in [0.25, 0.3) is 0 Å². The number of halogens is 2. The van der Waals surface area contributed by atoms with E-state index in [-0.39, 0.29) is 5.41 Å². The van der Waals surface area contributed by atoms with Crippen molar-refractivity contribution in [1.29, 1.82) is 0 Å². The van der Waals surface area contributed by atoms with Gasteiger partial charge in [0, 0.05) is 50.3 Å². The molecule has 0 saturated carbocycles. The molecule has 28 heavy (non-hydrogen) atoms. The van der Waals surface area contributed by atoms with Crippen molar-refractivity contribution in [2.24, 2.45) is 0 Å². The Labute approximate surface area is 180 Å². The van der Waals surface area contributed by atoms with Gasteiger partial charge >= 0.3 is 0 Å². The van der Waals surface area contributed by atoms with Crippen LogP contribution >= 0.6 is 23.2 Å². The number of para-hydroxylation sites is 1. The number of hydrogen-bond donors (Lipinski definition) is 0. The SMILES string of the molecule is CN(C)c1ccccc1C(C)(C)C/C=C/c1ccc(N(CCCl)CCCl)cc1. The Morgan fingerprint density at radius 3 is 2.07 bits per heavy atom. The van der Waals surface area contributed by atoms with Crippen LogP contribution in [0.5, 0.6) is 0 Å². The van der Waals surface area contributed by atoms with Crippen LogP contribution in [0.4, 0.5) is 11.4 Å². The average Bonchev–Trinajstić information content (AvgIpc) is 2.68. The molecule has 0 unspecified atom stereocenters. The van der Waals surface area contributed by atoms with Gasteiger partial charge < -0.3 is 9.80 Å². The molecule has 0 spiro atoms. The van der Waals surface area contributed by atoms with Gasteiger partial charge in [0.2, 0.25) is 0 Å². The molecule has 0 heterocycles. The number of nitrogens with zero attached hydrogens (tertiary/aromatic N) is 2. The Balaban J connectivity index is 2.08. The fourth-order valence-electron chi connectivity index (χ4n) is 3.41. The van der Waals surface area contributed by atoms with Crippen LogP contribution in [0, 0.1) is 0 Å².